The van der Waals surface area contributed by atoms with Gasteiger partial charge < -0.3 is 14.2 Å². The van der Waals surface area contributed by atoms with Gasteiger partial charge in [-0.2, -0.15) is 4.98 Å². The zero-order valence-corrected chi connectivity index (χ0v) is 17.3. The predicted octanol–water partition coefficient (Wildman–Crippen LogP) is 5.07. The van der Waals surface area contributed by atoms with Crippen LogP contribution in [0.15, 0.2) is 47.0 Å². The number of likely N-dealkylation sites (tertiary alicyclic amines) is 1. The lowest BCUT2D eigenvalue weighted by molar-refractivity contribution is 0.0704. The molecule has 2 aromatic carbocycles. The second kappa shape index (κ2) is 8.43. The number of aromatic nitrogens is 2. The van der Waals surface area contributed by atoms with Crippen molar-refractivity contribution < 1.29 is 14.1 Å². The zero-order chi connectivity index (χ0) is 20.4. The van der Waals surface area contributed by atoms with E-state index in [4.69, 9.17) is 32.5 Å². The summed E-state index contributed by atoms with van der Waals surface area (Å²) in [6.07, 6.45) is 1.49. The van der Waals surface area contributed by atoms with E-state index < -0.39 is 0 Å². The number of piperidine rings is 1. The Bertz CT molecular complexity index is 1030. The van der Waals surface area contributed by atoms with Gasteiger partial charge in [0, 0.05) is 29.6 Å². The third-order valence-corrected chi connectivity index (χ3v) is 5.61. The van der Waals surface area contributed by atoms with Crippen LogP contribution in [0.4, 0.5) is 0 Å². The number of amides is 1. The van der Waals surface area contributed by atoms with Crippen molar-refractivity contribution in [3.05, 3.63) is 64.0 Å². The summed E-state index contributed by atoms with van der Waals surface area (Å²) in [4.78, 5) is 19.1. The van der Waals surface area contributed by atoms with E-state index in [2.05, 4.69) is 10.1 Å². The Kier molecular flexibility index (Phi) is 5.74. The number of carbonyl (C=O) groups excluding carboxylic acids is 1. The fourth-order valence-corrected chi connectivity index (χ4v) is 3.93. The van der Waals surface area contributed by atoms with Gasteiger partial charge in [0.05, 0.1) is 17.7 Å². The smallest absolute Gasteiger partial charge is 0.255 e. The molecule has 8 heteroatoms. The molecule has 0 spiro atoms. The number of nitrogens with zero attached hydrogens (tertiary/aromatic N) is 3. The van der Waals surface area contributed by atoms with Crippen LogP contribution in [0, 0.1) is 0 Å². The number of ether oxygens (including phenoxy) is 1. The molecule has 0 saturated carbocycles. The van der Waals surface area contributed by atoms with E-state index in [-0.39, 0.29) is 11.8 Å². The largest absolute Gasteiger partial charge is 0.497 e. The highest BCUT2D eigenvalue weighted by Crippen LogP contribution is 2.31. The number of halogens is 2. The first-order valence-electron chi connectivity index (χ1n) is 9.27. The number of hydrogen-bond donors (Lipinski definition) is 0. The minimum Gasteiger partial charge on any atom is -0.497 e. The monoisotopic (exact) mass is 431 g/mol. The molecule has 1 aromatic heterocycles. The number of carbonyl (C=O) groups is 1. The summed E-state index contributed by atoms with van der Waals surface area (Å²) >= 11 is 12.1. The minimum absolute atomic E-state index is 0.0901. The van der Waals surface area contributed by atoms with Gasteiger partial charge in [-0.3, -0.25) is 4.79 Å². The van der Waals surface area contributed by atoms with Crippen LogP contribution in [0.3, 0.4) is 0 Å². The Hall–Kier alpha value is -2.57. The Morgan fingerprint density at radius 2 is 1.97 bits per heavy atom. The van der Waals surface area contributed by atoms with Gasteiger partial charge in [-0.15, -0.1) is 0 Å². The molecule has 1 aliphatic rings. The maximum absolute atomic E-state index is 12.8. The molecule has 0 unspecified atom stereocenters. The topological polar surface area (TPSA) is 68.5 Å². The van der Waals surface area contributed by atoms with E-state index in [1.54, 1.807) is 30.2 Å². The molecule has 2 heterocycles. The highest BCUT2D eigenvalue weighted by atomic mass is 35.5. The molecule has 3 aromatic rings. The van der Waals surface area contributed by atoms with Crippen molar-refractivity contribution in [3.8, 4) is 17.1 Å². The first-order chi connectivity index (χ1) is 14.0. The summed E-state index contributed by atoms with van der Waals surface area (Å²) in [6.45, 7) is 1.19. The van der Waals surface area contributed by atoms with Crippen molar-refractivity contribution in [1.29, 1.82) is 0 Å². The minimum atomic E-state index is -0.0901. The molecule has 6 nitrogen and oxygen atoms in total. The van der Waals surface area contributed by atoms with Gasteiger partial charge in [0.1, 0.15) is 5.75 Å². The summed E-state index contributed by atoms with van der Waals surface area (Å²) in [5, 5.41) is 4.98. The van der Waals surface area contributed by atoms with Crippen LogP contribution in [0.1, 0.15) is 35.0 Å². The average Bonchev–Trinajstić information content (AvgIpc) is 3.24. The second-order valence-corrected chi connectivity index (χ2v) is 7.72. The molecular formula is C21H19Cl2N3O3. The van der Waals surface area contributed by atoms with E-state index in [1.165, 1.54) is 0 Å². The van der Waals surface area contributed by atoms with Gasteiger partial charge >= 0.3 is 0 Å². The van der Waals surface area contributed by atoms with Crippen molar-refractivity contribution in [2.45, 2.75) is 18.8 Å². The van der Waals surface area contributed by atoms with E-state index >= 15 is 0 Å². The van der Waals surface area contributed by atoms with Crippen molar-refractivity contribution in [1.82, 2.24) is 15.0 Å². The summed E-state index contributed by atoms with van der Waals surface area (Å²) in [5.74, 6) is 1.89. The van der Waals surface area contributed by atoms with Crippen LogP contribution in [-0.2, 0) is 0 Å². The van der Waals surface area contributed by atoms with Crippen molar-refractivity contribution in [3.63, 3.8) is 0 Å². The number of rotatable bonds is 4. The van der Waals surface area contributed by atoms with Gasteiger partial charge in [0.15, 0.2) is 0 Å². The SMILES string of the molecule is COc1cccc(-c2noc(C3CCN(C(=O)c4ccc(Cl)cc4Cl)CC3)n2)c1. The maximum Gasteiger partial charge on any atom is 0.255 e. The van der Waals surface area contributed by atoms with Crippen LogP contribution in [-0.4, -0.2) is 41.1 Å². The standard InChI is InChI=1S/C21H19Cl2N3O3/c1-28-16-4-2-3-14(11-16)19-24-20(29-25-19)13-7-9-26(10-8-13)21(27)17-6-5-15(22)12-18(17)23/h2-6,11-13H,7-10H2,1H3. The first kappa shape index (κ1) is 19.7. The van der Waals surface area contributed by atoms with Crippen LogP contribution in [0.25, 0.3) is 11.4 Å². The summed E-state index contributed by atoms with van der Waals surface area (Å²) in [7, 11) is 1.62. The van der Waals surface area contributed by atoms with Crippen molar-refractivity contribution in [2.24, 2.45) is 0 Å². The lowest BCUT2D eigenvalue weighted by atomic mass is 9.96. The molecule has 0 aliphatic carbocycles. The quantitative estimate of drug-likeness (QED) is 0.576. The molecule has 29 heavy (non-hydrogen) atoms. The predicted molar refractivity (Wildman–Crippen MR) is 111 cm³/mol. The van der Waals surface area contributed by atoms with Gasteiger partial charge in [0.2, 0.25) is 11.7 Å². The summed E-state index contributed by atoms with van der Waals surface area (Å²) < 4.78 is 10.7. The van der Waals surface area contributed by atoms with Gasteiger partial charge in [-0.25, -0.2) is 0 Å². The highest BCUT2D eigenvalue weighted by molar-refractivity contribution is 6.36. The molecule has 1 fully saturated rings. The summed E-state index contributed by atoms with van der Waals surface area (Å²) in [5.41, 5.74) is 1.30. The third-order valence-electron chi connectivity index (χ3n) is 5.06. The fraction of sp³-hybridized carbons (Fsp3) is 0.286. The van der Waals surface area contributed by atoms with Crippen molar-refractivity contribution in [2.75, 3.05) is 20.2 Å². The van der Waals surface area contributed by atoms with E-state index in [1.807, 2.05) is 24.3 Å². The Balaban J connectivity index is 1.42. The van der Waals surface area contributed by atoms with Crippen LogP contribution >= 0.6 is 23.2 Å². The normalized spacial score (nSPS) is 14.8. The number of benzene rings is 2. The molecule has 1 saturated heterocycles. The maximum atomic E-state index is 12.8. The van der Waals surface area contributed by atoms with E-state index in [0.29, 0.717) is 40.4 Å². The van der Waals surface area contributed by atoms with Crippen LogP contribution in [0.5, 0.6) is 5.75 Å². The molecule has 0 atom stereocenters. The lowest BCUT2D eigenvalue weighted by Gasteiger charge is -2.30. The Morgan fingerprint density at radius 1 is 1.17 bits per heavy atom. The van der Waals surface area contributed by atoms with Gasteiger partial charge in [-0.1, -0.05) is 40.5 Å². The van der Waals surface area contributed by atoms with Crippen LogP contribution < -0.4 is 4.74 Å². The Labute approximate surface area is 178 Å². The Morgan fingerprint density at radius 3 is 2.69 bits per heavy atom. The lowest BCUT2D eigenvalue weighted by Crippen LogP contribution is -2.38. The van der Waals surface area contributed by atoms with Crippen molar-refractivity contribution >= 4 is 29.1 Å². The van der Waals surface area contributed by atoms with E-state index in [9.17, 15) is 4.79 Å². The molecule has 0 radical (unpaired) electrons. The molecular weight excluding hydrogens is 413 g/mol. The number of hydrogen-bond acceptors (Lipinski definition) is 5. The highest BCUT2D eigenvalue weighted by Gasteiger charge is 2.29. The molecule has 4 rings (SSSR count). The van der Waals surface area contributed by atoms with Crippen LogP contribution in [0.2, 0.25) is 10.0 Å². The zero-order valence-electron chi connectivity index (χ0n) is 15.8. The second-order valence-electron chi connectivity index (χ2n) is 6.88. The number of methoxy groups -OCH3 is 1. The molecule has 1 aliphatic heterocycles. The fourth-order valence-electron chi connectivity index (χ4n) is 3.44. The molecule has 0 bridgehead atoms. The van der Waals surface area contributed by atoms with Gasteiger partial charge in [-0.05, 0) is 43.2 Å². The third kappa shape index (κ3) is 4.23. The average molecular weight is 432 g/mol. The molecule has 150 valence electrons. The van der Waals surface area contributed by atoms with E-state index in [0.717, 1.165) is 24.2 Å². The molecule has 0 N–H and O–H groups in total. The van der Waals surface area contributed by atoms with Gasteiger partial charge in [0.25, 0.3) is 5.91 Å². The molecule has 1 amide bonds. The summed E-state index contributed by atoms with van der Waals surface area (Å²) in [6, 6.07) is 12.4. The first-order valence-corrected chi connectivity index (χ1v) is 10.0.